The number of aromatic amines is 1. The number of nitrogens with one attached hydrogen (secondary N) is 2. The van der Waals surface area contributed by atoms with E-state index in [2.05, 4.69) is 29.1 Å². The van der Waals surface area contributed by atoms with Gasteiger partial charge in [-0.05, 0) is 19.9 Å². The highest BCUT2D eigenvalue weighted by molar-refractivity contribution is 5.07. The Kier molecular flexibility index (Phi) is 5.30. The first kappa shape index (κ1) is 11.2. The van der Waals surface area contributed by atoms with E-state index in [0.717, 1.165) is 18.8 Å². The van der Waals surface area contributed by atoms with Crippen molar-refractivity contribution in [2.24, 2.45) is 0 Å². The van der Waals surface area contributed by atoms with Crippen LogP contribution in [0.25, 0.3) is 0 Å². The maximum absolute atomic E-state index is 4.23. The molecule has 0 fully saturated rings. The third-order valence-electron chi connectivity index (χ3n) is 2.43. The van der Waals surface area contributed by atoms with E-state index >= 15 is 0 Å². The third-order valence-corrected chi connectivity index (χ3v) is 2.43. The van der Waals surface area contributed by atoms with Gasteiger partial charge in [0.25, 0.3) is 0 Å². The van der Waals surface area contributed by atoms with Crippen molar-refractivity contribution >= 4 is 0 Å². The molecule has 0 aliphatic carbocycles. The molecule has 0 spiro atoms. The first-order valence-corrected chi connectivity index (χ1v) is 5.54. The van der Waals surface area contributed by atoms with Crippen LogP contribution in [0.5, 0.6) is 0 Å². The summed E-state index contributed by atoms with van der Waals surface area (Å²) in [7, 11) is 0. The van der Waals surface area contributed by atoms with Crippen LogP contribution in [-0.4, -0.2) is 16.5 Å². The van der Waals surface area contributed by atoms with Gasteiger partial charge in [0.05, 0.1) is 12.0 Å². The molecular formula is C11H21N3. The largest absolute Gasteiger partial charge is 0.348 e. The van der Waals surface area contributed by atoms with Crippen molar-refractivity contribution in [3.63, 3.8) is 0 Å². The number of H-pyrrole nitrogens is 1. The lowest BCUT2D eigenvalue weighted by Gasteiger charge is -2.02. The Bertz CT molecular complexity index is 242. The summed E-state index contributed by atoms with van der Waals surface area (Å²) in [6, 6.07) is 0. The van der Waals surface area contributed by atoms with E-state index in [1.54, 1.807) is 6.33 Å². The smallest absolute Gasteiger partial charge is 0.0925 e. The predicted molar refractivity (Wildman–Crippen MR) is 59.2 cm³/mol. The fraction of sp³-hybridized carbons (Fsp3) is 0.727. The zero-order valence-electron chi connectivity index (χ0n) is 9.27. The molecule has 3 nitrogen and oxygen atoms in total. The minimum atomic E-state index is 0.890. The number of aryl methyl sites for hydroxylation is 1. The van der Waals surface area contributed by atoms with Crippen molar-refractivity contribution in [3.05, 3.63) is 17.7 Å². The van der Waals surface area contributed by atoms with Crippen molar-refractivity contribution in [1.29, 1.82) is 0 Å². The van der Waals surface area contributed by atoms with Crippen molar-refractivity contribution in [2.45, 2.75) is 46.1 Å². The van der Waals surface area contributed by atoms with Gasteiger partial charge >= 0.3 is 0 Å². The molecule has 0 amide bonds. The van der Waals surface area contributed by atoms with Crippen LogP contribution in [-0.2, 0) is 6.54 Å². The zero-order chi connectivity index (χ0) is 10.2. The predicted octanol–water partition coefficient (Wildman–Crippen LogP) is 2.39. The lowest BCUT2D eigenvalue weighted by Crippen LogP contribution is -2.15. The van der Waals surface area contributed by atoms with Crippen LogP contribution in [0.1, 0.15) is 44.0 Å². The van der Waals surface area contributed by atoms with Gasteiger partial charge in [0.2, 0.25) is 0 Å². The Labute approximate surface area is 86.3 Å². The molecule has 1 heterocycles. The van der Waals surface area contributed by atoms with Gasteiger partial charge in [-0.1, -0.05) is 26.2 Å². The molecule has 0 aliphatic rings. The molecule has 80 valence electrons. The standard InChI is InChI=1S/C11H21N3/c1-3-4-5-6-7-12-8-11-10(2)13-9-14-11/h9,12H,3-8H2,1-2H3,(H,13,14). The Morgan fingerprint density at radius 1 is 1.36 bits per heavy atom. The highest BCUT2D eigenvalue weighted by Gasteiger charge is 1.98. The van der Waals surface area contributed by atoms with Gasteiger partial charge in [-0.15, -0.1) is 0 Å². The fourth-order valence-electron chi connectivity index (χ4n) is 1.45. The summed E-state index contributed by atoms with van der Waals surface area (Å²) < 4.78 is 0. The average molecular weight is 195 g/mol. The SMILES string of the molecule is CCCCCCNCc1nc[nH]c1C. The quantitative estimate of drug-likeness (QED) is 0.656. The number of hydrogen-bond donors (Lipinski definition) is 2. The highest BCUT2D eigenvalue weighted by Crippen LogP contribution is 2.00. The summed E-state index contributed by atoms with van der Waals surface area (Å²) in [5.74, 6) is 0. The normalized spacial score (nSPS) is 10.7. The molecule has 1 rings (SSSR count). The Morgan fingerprint density at radius 2 is 2.21 bits per heavy atom. The van der Waals surface area contributed by atoms with Gasteiger partial charge in [-0.2, -0.15) is 0 Å². The molecule has 0 bridgehead atoms. The Morgan fingerprint density at radius 3 is 2.86 bits per heavy atom. The molecule has 14 heavy (non-hydrogen) atoms. The monoisotopic (exact) mass is 195 g/mol. The number of hydrogen-bond acceptors (Lipinski definition) is 2. The van der Waals surface area contributed by atoms with Gasteiger partial charge in [0.1, 0.15) is 0 Å². The lowest BCUT2D eigenvalue weighted by molar-refractivity contribution is 0.593. The van der Waals surface area contributed by atoms with Crippen molar-refractivity contribution in [1.82, 2.24) is 15.3 Å². The van der Waals surface area contributed by atoms with Gasteiger partial charge in [0, 0.05) is 12.2 Å². The van der Waals surface area contributed by atoms with Crippen LogP contribution in [0, 0.1) is 6.92 Å². The van der Waals surface area contributed by atoms with Crippen molar-refractivity contribution in [3.8, 4) is 0 Å². The van der Waals surface area contributed by atoms with Crippen LogP contribution in [0.4, 0.5) is 0 Å². The number of imidazole rings is 1. The highest BCUT2D eigenvalue weighted by atomic mass is 14.9. The first-order valence-electron chi connectivity index (χ1n) is 5.54. The van der Waals surface area contributed by atoms with E-state index in [-0.39, 0.29) is 0 Å². The van der Waals surface area contributed by atoms with Gasteiger partial charge in [0.15, 0.2) is 0 Å². The minimum absolute atomic E-state index is 0.890. The summed E-state index contributed by atoms with van der Waals surface area (Å²) in [5.41, 5.74) is 2.31. The fourth-order valence-corrected chi connectivity index (χ4v) is 1.45. The van der Waals surface area contributed by atoms with Crippen LogP contribution >= 0.6 is 0 Å². The molecule has 1 aromatic heterocycles. The van der Waals surface area contributed by atoms with E-state index in [9.17, 15) is 0 Å². The number of nitrogens with zero attached hydrogens (tertiary/aromatic N) is 1. The topological polar surface area (TPSA) is 40.7 Å². The summed E-state index contributed by atoms with van der Waals surface area (Å²) in [4.78, 5) is 7.31. The molecule has 0 atom stereocenters. The Balaban J connectivity index is 2.02. The molecular weight excluding hydrogens is 174 g/mol. The van der Waals surface area contributed by atoms with E-state index in [1.165, 1.54) is 31.4 Å². The molecule has 0 radical (unpaired) electrons. The second-order valence-electron chi connectivity index (χ2n) is 3.71. The zero-order valence-corrected chi connectivity index (χ0v) is 9.27. The maximum atomic E-state index is 4.23. The summed E-state index contributed by atoms with van der Waals surface area (Å²) in [5, 5.41) is 3.41. The summed E-state index contributed by atoms with van der Waals surface area (Å²) in [6.45, 7) is 6.29. The number of rotatable bonds is 7. The van der Waals surface area contributed by atoms with Crippen molar-refractivity contribution < 1.29 is 0 Å². The summed E-state index contributed by atoms with van der Waals surface area (Å²) in [6.07, 6.45) is 7.02. The molecule has 2 N–H and O–H groups in total. The van der Waals surface area contributed by atoms with Crippen LogP contribution in [0.2, 0.25) is 0 Å². The van der Waals surface area contributed by atoms with Crippen LogP contribution in [0.3, 0.4) is 0 Å². The van der Waals surface area contributed by atoms with Gasteiger partial charge in [-0.3, -0.25) is 0 Å². The molecule has 0 aliphatic heterocycles. The third kappa shape index (κ3) is 3.92. The second-order valence-corrected chi connectivity index (χ2v) is 3.71. The molecule has 0 unspecified atom stereocenters. The molecule has 0 aromatic carbocycles. The molecule has 0 saturated heterocycles. The first-order chi connectivity index (χ1) is 6.84. The van der Waals surface area contributed by atoms with E-state index < -0.39 is 0 Å². The lowest BCUT2D eigenvalue weighted by atomic mass is 10.2. The second kappa shape index (κ2) is 6.60. The number of unbranched alkanes of at least 4 members (excludes halogenated alkanes) is 3. The maximum Gasteiger partial charge on any atom is 0.0925 e. The number of aromatic nitrogens is 2. The van der Waals surface area contributed by atoms with Crippen LogP contribution < -0.4 is 5.32 Å². The Hall–Kier alpha value is -0.830. The van der Waals surface area contributed by atoms with E-state index in [4.69, 9.17) is 0 Å². The van der Waals surface area contributed by atoms with Gasteiger partial charge < -0.3 is 10.3 Å². The van der Waals surface area contributed by atoms with Crippen molar-refractivity contribution in [2.75, 3.05) is 6.54 Å². The average Bonchev–Trinajstić information content (AvgIpc) is 2.58. The molecule has 0 saturated carbocycles. The van der Waals surface area contributed by atoms with Gasteiger partial charge in [-0.25, -0.2) is 4.98 Å². The van der Waals surface area contributed by atoms with Crippen LogP contribution in [0.15, 0.2) is 6.33 Å². The van der Waals surface area contributed by atoms with E-state index in [0.29, 0.717) is 0 Å². The van der Waals surface area contributed by atoms with E-state index in [1.807, 2.05) is 0 Å². The molecule has 3 heteroatoms. The summed E-state index contributed by atoms with van der Waals surface area (Å²) >= 11 is 0. The molecule has 1 aromatic rings. The minimum Gasteiger partial charge on any atom is -0.348 e.